The van der Waals surface area contributed by atoms with E-state index in [9.17, 15) is 10.2 Å². The fraction of sp³-hybridized carbons (Fsp3) is 0.0714. The second-order valence-electron chi connectivity index (χ2n) is 8.02. The fourth-order valence-electron chi connectivity index (χ4n) is 3.88. The standard InChI is InChI=1S/C28H23N5O2/c34-26-17-27(35)28(25-10-2-1-9-24(25)26)32-31-20-11-13-23(14-12-20)33(18-21-7-3-5-15-29-21)19-22-8-4-6-16-30-22/h1-17,34-35H,18-19H2. The van der Waals surface area contributed by atoms with Gasteiger partial charge in [-0.25, -0.2) is 0 Å². The average molecular weight is 462 g/mol. The first-order valence-corrected chi connectivity index (χ1v) is 11.2. The molecule has 0 aliphatic heterocycles. The van der Waals surface area contributed by atoms with Gasteiger partial charge in [-0.1, -0.05) is 36.4 Å². The number of azo groups is 1. The van der Waals surface area contributed by atoms with Crippen molar-refractivity contribution in [2.24, 2.45) is 10.2 Å². The van der Waals surface area contributed by atoms with E-state index in [0.29, 0.717) is 35.2 Å². The number of aromatic nitrogens is 2. The van der Waals surface area contributed by atoms with Crippen LogP contribution in [0.5, 0.6) is 11.5 Å². The first kappa shape index (κ1) is 22.0. The molecule has 2 heterocycles. The Balaban J connectivity index is 1.41. The summed E-state index contributed by atoms with van der Waals surface area (Å²) in [6, 6.07) is 28.0. The van der Waals surface area contributed by atoms with E-state index in [1.807, 2.05) is 72.8 Å². The van der Waals surface area contributed by atoms with E-state index >= 15 is 0 Å². The molecule has 0 atom stereocenters. The van der Waals surface area contributed by atoms with Gasteiger partial charge in [-0.2, -0.15) is 5.11 Å². The second-order valence-corrected chi connectivity index (χ2v) is 8.02. The number of fused-ring (bicyclic) bond motifs is 1. The second kappa shape index (κ2) is 10.0. The highest BCUT2D eigenvalue weighted by molar-refractivity contribution is 5.99. The molecule has 0 aliphatic carbocycles. The van der Waals surface area contributed by atoms with Crippen molar-refractivity contribution in [1.82, 2.24) is 9.97 Å². The quantitative estimate of drug-likeness (QED) is 0.264. The zero-order chi connectivity index (χ0) is 24.0. The Kier molecular flexibility index (Phi) is 6.30. The molecule has 2 N–H and O–H groups in total. The zero-order valence-corrected chi connectivity index (χ0v) is 18.9. The smallest absolute Gasteiger partial charge is 0.147 e. The average Bonchev–Trinajstić information content (AvgIpc) is 2.90. The molecule has 0 radical (unpaired) electrons. The van der Waals surface area contributed by atoms with E-state index in [2.05, 4.69) is 25.1 Å². The summed E-state index contributed by atoms with van der Waals surface area (Å²) in [7, 11) is 0. The molecule has 7 nitrogen and oxygen atoms in total. The lowest BCUT2D eigenvalue weighted by atomic mass is 10.1. The minimum absolute atomic E-state index is 0.00214. The van der Waals surface area contributed by atoms with E-state index in [-0.39, 0.29) is 11.5 Å². The molecule has 172 valence electrons. The number of nitrogens with zero attached hydrogens (tertiary/aromatic N) is 5. The van der Waals surface area contributed by atoms with Gasteiger partial charge in [0.1, 0.15) is 17.2 Å². The number of hydrogen-bond donors (Lipinski definition) is 2. The fourth-order valence-corrected chi connectivity index (χ4v) is 3.88. The minimum Gasteiger partial charge on any atom is -0.507 e. The van der Waals surface area contributed by atoms with Crippen LogP contribution < -0.4 is 4.90 Å². The van der Waals surface area contributed by atoms with E-state index < -0.39 is 0 Å². The molecule has 3 aromatic carbocycles. The molecular weight excluding hydrogens is 438 g/mol. The molecule has 35 heavy (non-hydrogen) atoms. The number of rotatable bonds is 7. The van der Waals surface area contributed by atoms with Crippen molar-refractivity contribution >= 4 is 27.8 Å². The highest BCUT2D eigenvalue weighted by atomic mass is 16.3. The summed E-state index contributed by atoms with van der Waals surface area (Å²) in [5.74, 6) is -0.124. The normalized spacial score (nSPS) is 11.2. The van der Waals surface area contributed by atoms with E-state index in [4.69, 9.17) is 0 Å². The van der Waals surface area contributed by atoms with Crippen LogP contribution in [0, 0.1) is 0 Å². The van der Waals surface area contributed by atoms with E-state index in [1.54, 1.807) is 24.5 Å². The predicted molar refractivity (Wildman–Crippen MR) is 136 cm³/mol. The van der Waals surface area contributed by atoms with Gasteiger partial charge in [0, 0.05) is 34.9 Å². The van der Waals surface area contributed by atoms with Crippen molar-refractivity contribution in [3.63, 3.8) is 0 Å². The maximum atomic E-state index is 10.3. The maximum absolute atomic E-state index is 10.3. The number of phenolic OH excluding ortho intramolecular Hbond substituents is 2. The van der Waals surface area contributed by atoms with Gasteiger partial charge in [0.15, 0.2) is 0 Å². The Morgan fingerprint density at radius 3 is 1.83 bits per heavy atom. The number of aromatic hydroxyl groups is 2. The molecule has 5 aromatic rings. The third-order valence-electron chi connectivity index (χ3n) is 5.61. The predicted octanol–water partition coefficient (Wildman–Crippen LogP) is 6.66. The highest BCUT2D eigenvalue weighted by Crippen LogP contribution is 2.41. The summed E-state index contributed by atoms with van der Waals surface area (Å²) in [6.45, 7) is 1.26. The van der Waals surface area contributed by atoms with Gasteiger partial charge >= 0.3 is 0 Å². The van der Waals surface area contributed by atoms with Gasteiger partial charge in [0.2, 0.25) is 0 Å². The summed E-state index contributed by atoms with van der Waals surface area (Å²) < 4.78 is 0. The maximum Gasteiger partial charge on any atom is 0.147 e. The highest BCUT2D eigenvalue weighted by Gasteiger charge is 2.12. The topological polar surface area (TPSA) is 94.2 Å². The lowest BCUT2D eigenvalue weighted by Crippen LogP contribution is -2.23. The van der Waals surface area contributed by atoms with Gasteiger partial charge in [0.05, 0.1) is 30.2 Å². The van der Waals surface area contributed by atoms with Gasteiger partial charge < -0.3 is 15.1 Å². The molecule has 0 aliphatic rings. The first-order chi connectivity index (χ1) is 17.2. The Bertz CT molecular complexity index is 1410. The van der Waals surface area contributed by atoms with Gasteiger partial charge in [-0.15, -0.1) is 5.11 Å². The summed E-state index contributed by atoms with van der Waals surface area (Å²) in [6.07, 6.45) is 3.58. The molecular formula is C28H23N5O2. The van der Waals surface area contributed by atoms with Crippen molar-refractivity contribution in [3.05, 3.63) is 115 Å². The summed E-state index contributed by atoms with van der Waals surface area (Å²) in [4.78, 5) is 11.1. The van der Waals surface area contributed by atoms with Gasteiger partial charge in [-0.05, 0) is 48.5 Å². The van der Waals surface area contributed by atoms with Crippen molar-refractivity contribution in [2.45, 2.75) is 13.1 Å². The van der Waals surface area contributed by atoms with E-state index in [0.717, 1.165) is 17.1 Å². The third-order valence-corrected chi connectivity index (χ3v) is 5.61. The lowest BCUT2D eigenvalue weighted by molar-refractivity contribution is 0.456. The van der Waals surface area contributed by atoms with Crippen LogP contribution in [0.15, 0.2) is 114 Å². The molecule has 0 saturated carbocycles. The van der Waals surface area contributed by atoms with Crippen LogP contribution in [0.3, 0.4) is 0 Å². The summed E-state index contributed by atoms with van der Waals surface area (Å²) >= 11 is 0. The molecule has 7 heteroatoms. The third kappa shape index (κ3) is 5.09. The number of hydrogen-bond acceptors (Lipinski definition) is 7. The molecule has 0 bridgehead atoms. The van der Waals surface area contributed by atoms with Crippen LogP contribution in [0.2, 0.25) is 0 Å². The molecule has 0 saturated heterocycles. The summed E-state index contributed by atoms with van der Waals surface area (Å²) in [5.41, 5.74) is 3.87. The monoisotopic (exact) mass is 461 g/mol. The molecule has 0 fully saturated rings. The van der Waals surface area contributed by atoms with Crippen LogP contribution >= 0.6 is 0 Å². The number of pyridine rings is 2. The van der Waals surface area contributed by atoms with Crippen molar-refractivity contribution in [2.75, 3.05) is 4.90 Å². The lowest BCUT2D eigenvalue weighted by Gasteiger charge is -2.24. The zero-order valence-electron chi connectivity index (χ0n) is 18.9. The van der Waals surface area contributed by atoms with Crippen LogP contribution in [0.25, 0.3) is 10.8 Å². The van der Waals surface area contributed by atoms with Crippen LogP contribution in [0.4, 0.5) is 17.1 Å². The Labute approximate surface area is 202 Å². The van der Waals surface area contributed by atoms with Crippen LogP contribution in [-0.2, 0) is 13.1 Å². The van der Waals surface area contributed by atoms with Crippen molar-refractivity contribution in [3.8, 4) is 11.5 Å². The molecule has 0 spiro atoms. The van der Waals surface area contributed by atoms with Crippen molar-refractivity contribution in [1.29, 1.82) is 0 Å². The molecule has 0 amide bonds. The Morgan fingerprint density at radius 2 is 1.23 bits per heavy atom. The number of benzene rings is 3. The SMILES string of the molecule is Oc1cc(O)c2ccccc2c1N=Nc1ccc(N(Cc2ccccn2)Cc2ccccn2)cc1. The minimum atomic E-state index is -0.126. The molecule has 0 unspecified atom stereocenters. The summed E-state index contributed by atoms with van der Waals surface area (Å²) in [5, 5.41) is 30.3. The van der Waals surface area contributed by atoms with Crippen LogP contribution in [-0.4, -0.2) is 20.2 Å². The Morgan fingerprint density at radius 1 is 0.629 bits per heavy atom. The molecule has 2 aromatic heterocycles. The van der Waals surface area contributed by atoms with Crippen molar-refractivity contribution < 1.29 is 10.2 Å². The first-order valence-electron chi connectivity index (χ1n) is 11.2. The molecule has 5 rings (SSSR count). The number of phenols is 2. The van der Waals surface area contributed by atoms with Gasteiger partial charge in [0.25, 0.3) is 0 Å². The van der Waals surface area contributed by atoms with E-state index in [1.165, 1.54) is 6.07 Å². The number of anilines is 1. The largest absolute Gasteiger partial charge is 0.507 e. The van der Waals surface area contributed by atoms with Crippen LogP contribution in [0.1, 0.15) is 11.4 Å². The Hall–Kier alpha value is -4.78. The van der Waals surface area contributed by atoms with Gasteiger partial charge in [-0.3, -0.25) is 9.97 Å².